The molecule has 0 aliphatic carbocycles. The molecule has 0 saturated carbocycles. The zero-order valence-electron chi connectivity index (χ0n) is 11.8. The van der Waals surface area contributed by atoms with Crippen LogP contribution in [0.25, 0.3) is 0 Å². The van der Waals surface area contributed by atoms with Crippen LogP contribution in [0.4, 0.5) is 0 Å². The van der Waals surface area contributed by atoms with Gasteiger partial charge < -0.3 is 15.6 Å². The molecule has 0 aromatic carbocycles. The van der Waals surface area contributed by atoms with Crippen molar-refractivity contribution in [3.63, 3.8) is 0 Å². The van der Waals surface area contributed by atoms with Crippen molar-refractivity contribution in [2.45, 2.75) is 46.0 Å². The highest BCUT2D eigenvalue weighted by Crippen LogP contribution is 2.17. The van der Waals surface area contributed by atoms with Gasteiger partial charge in [-0.2, -0.15) is 4.98 Å². The summed E-state index contributed by atoms with van der Waals surface area (Å²) >= 11 is 0. The molecule has 6 heteroatoms. The third-order valence-electron chi connectivity index (χ3n) is 3.05. The topological polar surface area (TPSA) is 94.0 Å². The molecular weight excluding hydrogens is 244 g/mol. The van der Waals surface area contributed by atoms with Gasteiger partial charge in [-0.15, -0.1) is 0 Å². The van der Waals surface area contributed by atoms with Crippen molar-refractivity contribution in [2.75, 3.05) is 13.1 Å². The molecule has 1 amide bonds. The summed E-state index contributed by atoms with van der Waals surface area (Å²) < 4.78 is 5.09. The van der Waals surface area contributed by atoms with E-state index in [1.54, 1.807) is 0 Å². The Morgan fingerprint density at radius 1 is 1.37 bits per heavy atom. The van der Waals surface area contributed by atoms with Crippen molar-refractivity contribution in [3.8, 4) is 0 Å². The first-order valence-corrected chi connectivity index (χ1v) is 7.02. The minimum Gasteiger partial charge on any atom is -0.349 e. The third-order valence-corrected chi connectivity index (χ3v) is 3.05. The fourth-order valence-electron chi connectivity index (χ4n) is 2.09. The molecule has 0 saturated heterocycles. The molecule has 1 unspecified atom stereocenters. The van der Waals surface area contributed by atoms with E-state index < -0.39 is 0 Å². The number of aromatic nitrogens is 2. The van der Waals surface area contributed by atoms with Crippen LogP contribution in [0.1, 0.15) is 56.0 Å². The molecule has 6 nitrogen and oxygen atoms in total. The highest BCUT2D eigenvalue weighted by molar-refractivity contribution is 5.90. The maximum absolute atomic E-state index is 11.5. The largest absolute Gasteiger partial charge is 0.349 e. The van der Waals surface area contributed by atoms with E-state index in [1.807, 2.05) is 6.92 Å². The fraction of sp³-hybridized carbons (Fsp3) is 0.769. The number of carbonyl (C=O) groups is 1. The summed E-state index contributed by atoms with van der Waals surface area (Å²) in [6.07, 6.45) is 5.01. The van der Waals surface area contributed by atoms with E-state index in [0.29, 0.717) is 31.3 Å². The van der Waals surface area contributed by atoms with Gasteiger partial charge in [0.05, 0.1) is 0 Å². The van der Waals surface area contributed by atoms with Crippen LogP contribution in [0.15, 0.2) is 4.52 Å². The number of aryl methyl sites for hydroxylation is 1. The van der Waals surface area contributed by atoms with Gasteiger partial charge in [-0.05, 0) is 32.2 Å². The number of hydrogen-bond donors (Lipinski definition) is 2. The molecule has 0 spiro atoms. The Kier molecular flexibility index (Phi) is 7.10. The van der Waals surface area contributed by atoms with E-state index in [0.717, 1.165) is 25.7 Å². The lowest BCUT2D eigenvalue weighted by molar-refractivity contribution is 0.0942. The van der Waals surface area contributed by atoms with Gasteiger partial charge >= 0.3 is 0 Å². The lowest BCUT2D eigenvalue weighted by Gasteiger charge is -2.13. The Morgan fingerprint density at radius 3 is 2.79 bits per heavy atom. The van der Waals surface area contributed by atoms with Crippen LogP contribution in [0.2, 0.25) is 0 Å². The van der Waals surface area contributed by atoms with Crippen LogP contribution in [0.3, 0.4) is 0 Å². The van der Waals surface area contributed by atoms with Crippen LogP contribution < -0.4 is 11.1 Å². The summed E-state index contributed by atoms with van der Waals surface area (Å²) in [6.45, 7) is 5.28. The van der Waals surface area contributed by atoms with Gasteiger partial charge in [0, 0.05) is 13.0 Å². The number of nitrogens with zero attached hydrogens (tertiary/aromatic N) is 2. The van der Waals surface area contributed by atoms with Gasteiger partial charge in [-0.1, -0.05) is 24.9 Å². The standard InChI is InChI=1S/C13H24N4O2/c1-3-5-10(8-9-14)6-7-11-16-12(17-19-11)13(18)15-4-2/h10H,3-9,14H2,1-2H3,(H,15,18). The van der Waals surface area contributed by atoms with E-state index in [1.165, 1.54) is 0 Å². The Balaban J connectivity index is 2.46. The lowest BCUT2D eigenvalue weighted by atomic mass is 9.94. The second-order valence-electron chi connectivity index (χ2n) is 4.64. The monoisotopic (exact) mass is 268 g/mol. The van der Waals surface area contributed by atoms with Gasteiger partial charge in [0.25, 0.3) is 11.7 Å². The number of rotatable bonds is 9. The average Bonchev–Trinajstić information content (AvgIpc) is 2.86. The molecule has 108 valence electrons. The SMILES string of the molecule is CCCC(CCN)CCc1nc(C(=O)NCC)no1. The predicted octanol–water partition coefficient (Wildman–Crippen LogP) is 1.52. The van der Waals surface area contributed by atoms with Gasteiger partial charge in [-0.3, -0.25) is 4.79 Å². The van der Waals surface area contributed by atoms with E-state index in [9.17, 15) is 4.79 Å². The fourth-order valence-corrected chi connectivity index (χ4v) is 2.09. The maximum Gasteiger partial charge on any atom is 0.292 e. The number of nitrogens with one attached hydrogen (secondary N) is 1. The van der Waals surface area contributed by atoms with E-state index in [-0.39, 0.29) is 11.7 Å². The Morgan fingerprint density at radius 2 is 2.16 bits per heavy atom. The molecule has 0 bridgehead atoms. The molecule has 1 atom stereocenters. The zero-order valence-corrected chi connectivity index (χ0v) is 11.8. The predicted molar refractivity (Wildman–Crippen MR) is 72.7 cm³/mol. The van der Waals surface area contributed by atoms with E-state index in [4.69, 9.17) is 10.3 Å². The van der Waals surface area contributed by atoms with E-state index >= 15 is 0 Å². The van der Waals surface area contributed by atoms with Crippen molar-refractivity contribution >= 4 is 5.91 Å². The Hall–Kier alpha value is -1.43. The van der Waals surface area contributed by atoms with Crippen molar-refractivity contribution in [1.29, 1.82) is 0 Å². The lowest BCUT2D eigenvalue weighted by Crippen LogP contribution is -2.23. The summed E-state index contributed by atoms with van der Waals surface area (Å²) in [5.74, 6) is 0.946. The number of hydrogen-bond acceptors (Lipinski definition) is 5. The average molecular weight is 268 g/mol. The molecule has 19 heavy (non-hydrogen) atoms. The van der Waals surface area contributed by atoms with Crippen molar-refractivity contribution in [2.24, 2.45) is 11.7 Å². The molecule has 0 aliphatic heterocycles. The number of nitrogens with two attached hydrogens (primary N) is 1. The van der Waals surface area contributed by atoms with E-state index in [2.05, 4.69) is 22.4 Å². The van der Waals surface area contributed by atoms with Gasteiger partial charge in [-0.25, -0.2) is 0 Å². The maximum atomic E-state index is 11.5. The van der Waals surface area contributed by atoms with Gasteiger partial charge in [0.2, 0.25) is 5.89 Å². The molecule has 1 rings (SSSR count). The van der Waals surface area contributed by atoms with Crippen LogP contribution in [-0.4, -0.2) is 29.1 Å². The smallest absolute Gasteiger partial charge is 0.292 e. The molecule has 1 heterocycles. The van der Waals surface area contributed by atoms with Crippen molar-refractivity contribution in [3.05, 3.63) is 11.7 Å². The van der Waals surface area contributed by atoms with Crippen molar-refractivity contribution < 1.29 is 9.32 Å². The summed E-state index contributed by atoms with van der Waals surface area (Å²) in [4.78, 5) is 15.6. The summed E-state index contributed by atoms with van der Waals surface area (Å²) in [5, 5.41) is 6.32. The quantitative estimate of drug-likeness (QED) is 0.708. The van der Waals surface area contributed by atoms with Crippen LogP contribution in [0, 0.1) is 5.92 Å². The minimum absolute atomic E-state index is 0.114. The van der Waals surface area contributed by atoms with Crippen LogP contribution >= 0.6 is 0 Å². The molecule has 1 aromatic rings. The molecule has 1 aromatic heterocycles. The molecule has 0 radical (unpaired) electrons. The highest BCUT2D eigenvalue weighted by Gasteiger charge is 2.15. The first-order chi connectivity index (χ1) is 9.21. The third kappa shape index (κ3) is 5.38. The molecular formula is C13H24N4O2. The molecule has 0 fully saturated rings. The summed E-state index contributed by atoms with van der Waals surface area (Å²) in [5.41, 5.74) is 5.60. The zero-order chi connectivity index (χ0) is 14.1. The van der Waals surface area contributed by atoms with Gasteiger partial charge in [0.15, 0.2) is 0 Å². The Bertz CT molecular complexity index is 372. The molecule has 0 aliphatic rings. The number of carbonyl (C=O) groups excluding carboxylic acids is 1. The van der Waals surface area contributed by atoms with Crippen molar-refractivity contribution in [1.82, 2.24) is 15.5 Å². The second-order valence-corrected chi connectivity index (χ2v) is 4.64. The normalized spacial score (nSPS) is 12.4. The number of amides is 1. The highest BCUT2D eigenvalue weighted by atomic mass is 16.5. The molecule has 3 N–H and O–H groups in total. The summed E-state index contributed by atoms with van der Waals surface area (Å²) in [7, 11) is 0. The second kappa shape index (κ2) is 8.63. The first kappa shape index (κ1) is 15.6. The summed E-state index contributed by atoms with van der Waals surface area (Å²) in [6, 6.07) is 0. The van der Waals surface area contributed by atoms with Gasteiger partial charge in [0.1, 0.15) is 0 Å². The Labute approximate surface area is 114 Å². The first-order valence-electron chi connectivity index (χ1n) is 7.02. The minimum atomic E-state index is -0.287. The van der Waals surface area contributed by atoms with Crippen LogP contribution in [0.5, 0.6) is 0 Å². The van der Waals surface area contributed by atoms with Crippen LogP contribution in [-0.2, 0) is 6.42 Å².